The van der Waals surface area contributed by atoms with Crippen LogP contribution in [0.5, 0.6) is 17.2 Å². The summed E-state index contributed by atoms with van der Waals surface area (Å²) in [4.78, 5) is 0. The van der Waals surface area contributed by atoms with E-state index < -0.39 is 23.4 Å². The number of aliphatic hydroxyl groups excluding tert-OH is 1. The Morgan fingerprint density at radius 1 is 1.08 bits per heavy atom. The van der Waals surface area contributed by atoms with E-state index >= 15 is 0 Å². The average molecular weight is 170 g/mol. The van der Waals surface area contributed by atoms with E-state index in [1.807, 2.05) is 0 Å². The standard InChI is InChI=1S/C8H10O4/c1-4(9)5-2-3-6(10)8(12)7(5)11/h2-4,9-12H,1H3. The molecule has 12 heavy (non-hydrogen) atoms. The fourth-order valence-electron chi connectivity index (χ4n) is 0.922. The zero-order chi connectivity index (χ0) is 9.30. The van der Waals surface area contributed by atoms with Gasteiger partial charge in [-0.3, -0.25) is 0 Å². The highest BCUT2D eigenvalue weighted by Crippen LogP contribution is 2.39. The van der Waals surface area contributed by atoms with Gasteiger partial charge >= 0.3 is 0 Å². The molecule has 1 unspecified atom stereocenters. The molecule has 0 spiro atoms. The van der Waals surface area contributed by atoms with Crippen molar-refractivity contribution in [1.82, 2.24) is 0 Å². The van der Waals surface area contributed by atoms with Crippen LogP contribution in [-0.4, -0.2) is 20.4 Å². The first-order chi connectivity index (χ1) is 5.54. The monoisotopic (exact) mass is 170 g/mol. The Labute approximate surface area is 69.3 Å². The fourth-order valence-corrected chi connectivity index (χ4v) is 0.922. The van der Waals surface area contributed by atoms with Crippen molar-refractivity contribution in [2.45, 2.75) is 13.0 Å². The number of hydrogen-bond donors (Lipinski definition) is 4. The lowest BCUT2D eigenvalue weighted by Gasteiger charge is -2.08. The summed E-state index contributed by atoms with van der Waals surface area (Å²) in [5.41, 5.74) is 0.185. The van der Waals surface area contributed by atoms with Gasteiger partial charge in [0.05, 0.1) is 6.10 Å². The maximum Gasteiger partial charge on any atom is 0.200 e. The van der Waals surface area contributed by atoms with Gasteiger partial charge in [0.1, 0.15) is 0 Å². The molecule has 0 amide bonds. The molecule has 0 radical (unpaired) electrons. The normalized spacial score (nSPS) is 12.8. The van der Waals surface area contributed by atoms with Crippen molar-refractivity contribution in [3.8, 4) is 17.2 Å². The molecule has 1 aromatic carbocycles. The first-order valence-corrected chi connectivity index (χ1v) is 3.46. The van der Waals surface area contributed by atoms with Crippen molar-refractivity contribution in [3.05, 3.63) is 17.7 Å². The number of phenols is 3. The van der Waals surface area contributed by atoms with Crippen molar-refractivity contribution < 1.29 is 20.4 Å². The lowest BCUT2D eigenvalue weighted by molar-refractivity contribution is 0.193. The predicted molar refractivity (Wildman–Crippen MR) is 42.1 cm³/mol. The zero-order valence-electron chi connectivity index (χ0n) is 6.52. The van der Waals surface area contributed by atoms with Crippen LogP contribution in [0, 0.1) is 0 Å². The molecule has 4 nitrogen and oxygen atoms in total. The number of aliphatic hydroxyl groups is 1. The van der Waals surface area contributed by atoms with Crippen LogP contribution in [0.3, 0.4) is 0 Å². The first-order valence-electron chi connectivity index (χ1n) is 3.46. The van der Waals surface area contributed by atoms with Gasteiger partial charge in [-0.1, -0.05) is 0 Å². The Morgan fingerprint density at radius 3 is 2.17 bits per heavy atom. The molecule has 0 aromatic heterocycles. The van der Waals surface area contributed by atoms with Crippen LogP contribution in [0.15, 0.2) is 12.1 Å². The van der Waals surface area contributed by atoms with E-state index in [1.54, 1.807) is 0 Å². The SMILES string of the molecule is CC(O)c1ccc(O)c(O)c1O. The van der Waals surface area contributed by atoms with Crippen molar-refractivity contribution in [3.63, 3.8) is 0 Å². The van der Waals surface area contributed by atoms with Gasteiger partial charge in [-0.05, 0) is 19.1 Å². The molecule has 0 saturated heterocycles. The van der Waals surface area contributed by atoms with Crippen molar-refractivity contribution in [2.24, 2.45) is 0 Å². The van der Waals surface area contributed by atoms with E-state index in [9.17, 15) is 5.11 Å². The molecule has 0 saturated carbocycles. The van der Waals surface area contributed by atoms with Gasteiger partial charge in [-0.2, -0.15) is 0 Å². The van der Waals surface area contributed by atoms with Gasteiger partial charge in [0.15, 0.2) is 11.5 Å². The third-order valence-electron chi connectivity index (χ3n) is 1.61. The molecule has 1 atom stereocenters. The topological polar surface area (TPSA) is 80.9 Å². The first kappa shape index (κ1) is 8.67. The average Bonchev–Trinajstić information content (AvgIpc) is 2.00. The molecule has 1 aromatic rings. The molecular formula is C8H10O4. The molecule has 4 heteroatoms. The molecule has 66 valence electrons. The Morgan fingerprint density at radius 2 is 1.67 bits per heavy atom. The van der Waals surface area contributed by atoms with E-state index in [0.29, 0.717) is 0 Å². The van der Waals surface area contributed by atoms with Gasteiger partial charge in [-0.15, -0.1) is 0 Å². The van der Waals surface area contributed by atoms with Crippen molar-refractivity contribution in [2.75, 3.05) is 0 Å². The second kappa shape index (κ2) is 2.91. The summed E-state index contributed by atoms with van der Waals surface area (Å²) in [7, 11) is 0. The smallest absolute Gasteiger partial charge is 0.200 e. The minimum absolute atomic E-state index is 0.185. The number of benzene rings is 1. The molecule has 0 aliphatic rings. The predicted octanol–water partition coefficient (Wildman–Crippen LogP) is 0.857. The summed E-state index contributed by atoms with van der Waals surface area (Å²) in [6.45, 7) is 1.45. The van der Waals surface area contributed by atoms with Crippen LogP contribution >= 0.6 is 0 Å². The largest absolute Gasteiger partial charge is 0.504 e. The van der Waals surface area contributed by atoms with Crippen LogP contribution in [0.4, 0.5) is 0 Å². The van der Waals surface area contributed by atoms with Crippen LogP contribution in [-0.2, 0) is 0 Å². The quantitative estimate of drug-likeness (QED) is 0.471. The maximum atomic E-state index is 9.18. The minimum atomic E-state index is -0.878. The van der Waals surface area contributed by atoms with E-state index in [1.165, 1.54) is 19.1 Å². The fraction of sp³-hybridized carbons (Fsp3) is 0.250. The Bertz CT molecular complexity index is 293. The molecule has 4 N–H and O–H groups in total. The van der Waals surface area contributed by atoms with Crippen LogP contribution in [0.2, 0.25) is 0 Å². The molecular weight excluding hydrogens is 160 g/mol. The summed E-state index contributed by atoms with van der Waals surface area (Å²) in [6, 6.07) is 2.55. The third kappa shape index (κ3) is 1.29. The van der Waals surface area contributed by atoms with E-state index in [4.69, 9.17) is 15.3 Å². The van der Waals surface area contributed by atoms with Gasteiger partial charge < -0.3 is 20.4 Å². The zero-order valence-corrected chi connectivity index (χ0v) is 6.52. The lowest BCUT2D eigenvalue weighted by atomic mass is 10.1. The number of aromatic hydroxyl groups is 3. The van der Waals surface area contributed by atoms with Crippen LogP contribution in [0.1, 0.15) is 18.6 Å². The number of phenolic OH excluding ortho intramolecular Hbond substituents is 3. The van der Waals surface area contributed by atoms with Crippen LogP contribution in [0.25, 0.3) is 0 Å². The highest BCUT2D eigenvalue weighted by atomic mass is 16.3. The highest BCUT2D eigenvalue weighted by Gasteiger charge is 2.13. The summed E-state index contributed by atoms with van der Waals surface area (Å²) >= 11 is 0. The van der Waals surface area contributed by atoms with Crippen molar-refractivity contribution in [1.29, 1.82) is 0 Å². The highest BCUT2D eigenvalue weighted by molar-refractivity contribution is 5.53. The van der Waals surface area contributed by atoms with E-state index in [0.717, 1.165) is 0 Å². The molecule has 0 aliphatic carbocycles. The van der Waals surface area contributed by atoms with Crippen molar-refractivity contribution >= 4 is 0 Å². The molecule has 0 bridgehead atoms. The summed E-state index contributed by atoms with van der Waals surface area (Å²) in [5, 5.41) is 36.2. The minimum Gasteiger partial charge on any atom is -0.504 e. The van der Waals surface area contributed by atoms with E-state index in [2.05, 4.69) is 0 Å². The molecule has 0 heterocycles. The van der Waals surface area contributed by atoms with Gasteiger partial charge in [0.25, 0.3) is 0 Å². The summed E-state index contributed by atoms with van der Waals surface area (Å²) in [6.07, 6.45) is -0.878. The Hall–Kier alpha value is -1.42. The second-order valence-electron chi connectivity index (χ2n) is 2.55. The number of hydrogen-bond acceptors (Lipinski definition) is 4. The number of rotatable bonds is 1. The second-order valence-corrected chi connectivity index (χ2v) is 2.55. The summed E-state index contributed by atoms with van der Waals surface area (Å²) in [5.74, 6) is -1.49. The van der Waals surface area contributed by atoms with Gasteiger partial charge in [0.2, 0.25) is 5.75 Å². The Kier molecular flexibility index (Phi) is 2.10. The lowest BCUT2D eigenvalue weighted by Crippen LogP contribution is -1.91. The van der Waals surface area contributed by atoms with E-state index in [-0.39, 0.29) is 5.56 Å². The van der Waals surface area contributed by atoms with Crippen LogP contribution < -0.4 is 0 Å². The summed E-state index contributed by atoms with van der Waals surface area (Å²) < 4.78 is 0. The van der Waals surface area contributed by atoms with Gasteiger partial charge in [-0.25, -0.2) is 0 Å². The Balaban J connectivity index is 3.27. The molecule has 1 rings (SSSR count). The van der Waals surface area contributed by atoms with Gasteiger partial charge in [0, 0.05) is 5.56 Å². The maximum absolute atomic E-state index is 9.18. The molecule has 0 aliphatic heterocycles. The third-order valence-corrected chi connectivity index (χ3v) is 1.61. The molecule has 0 fully saturated rings.